The summed E-state index contributed by atoms with van der Waals surface area (Å²) < 4.78 is 65.6. The van der Waals surface area contributed by atoms with Crippen molar-refractivity contribution >= 4 is 32.3 Å². The van der Waals surface area contributed by atoms with E-state index in [4.69, 9.17) is 11.6 Å². The summed E-state index contributed by atoms with van der Waals surface area (Å²) >= 11 is 5.91. The van der Waals surface area contributed by atoms with E-state index in [0.717, 1.165) is 29.1 Å². The van der Waals surface area contributed by atoms with E-state index in [-0.39, 0.29) is 27.4 Å². The molecule has 0 atom stereocenters. The zero-order valence-electron chi connectivity index (χ0n) is 17.0. The van der Waals surface area contributed by atoms with E-state index in [0.29, 0.717) is 16.1 Å². The molecular formula is C22H15ClF3N3O3S. The number of fused-ring (bicyclic) bond motifs is 1. The van der Waals surface area contributed by atoms with Crippen LogP contribution in [0.1, 0.15) is 12.5 Å². The van der Waals surface area contributed by atoms with Gasteiger partial charge >= 0.3 is 6.18 Å². The van der Waals surface area contributed by atoms with Gasteiger partial charge in [-0.25, -0.2) is 23.0 Å². The van der Waals surface area contributed by atoms with Gasteiger partial charge in [0.1, 0.15) is 11.2 Å². The molecule has 4 aromatic rings. The molecule has 0 radical (unpaired) electrons. The fourth-order valence-electron chi connectivity index (χ4n) is 3.25. The minimum Gasteiger partial charge on any atom is -0.268 e. The van der Waals surface area contributed by atoms with Crippen LogP contribution in [0.4, 0.5) is 13.2 Å². The minimum absolute atomic E-state index is 0.103. The lowest BCUT2D eigenvalue weighted by Crippen LogP contribution is -2.23. The largest absolute Gasteiger partial charge is 0.416 e. The molecule has 6 nitrogen and oxygen atoms in total. The molecule has 0 N–H and O–H groups in total. The lowest BCUT2D eigenvalue weighted by molar-refractivity contribution is -0.137. The van der Waals surface area contributed by atoms with Crippen molar-refractivity contribution in [3.8, 4) is 16.9 Å². The Morgan fingerprint density at radius 1 is 1.00 bits per heavy atom. The van der Waals surface area contributed by atoms with Crippen molar-refractivity contribution < 1.29 is 21.6 Å². The maximum Gasteiger partial charge on any atom is 0.416 e. The molecule has 4 rings (SSSR count). The van der Waals surface area contributed by atoms with Crippen LogP contribution in [0.3, 0.4) is 0 Å². The topological polar surface area (TPSA) is 81.9 Å². The number of pyridine rings is 1. The Kier molecular flexibility index (Phi) is 5.75. The van der Waals surface area contributed by atoms with Gasteiger partial charge in [-0.15, -0.1) is 0 Å². The number of aromatic nitrogens is 3. The molecule has 170 valence electrons. The molecular weight excluding hydrogens is 479 g/mol. The first-order valence-electron chi connectivity index (χ1n) is 9.59. The van der Waals surface area contributed by atoms with Crippen LogP contribution in [0.2, 0.25) is 5.02 Å². The van der Waals surface area contributed by atoms with E-state index in [1.807, 2.05) is 0 Å². The average molecular weight is 494 g/mol. The summed E-state index contributed by atoms with van der Waals surface area (Å²) in [6.07, 6.45) is -2.22. The van der Waals surface area contributed by atoms with Crippen LogP contribution in [0.5, 0.6) is 0 Å². The molecule has 0 saturated carbocycles. The molecule has 0 bridgehead atoms. The van der Waals surface area contributed by atoms with Crippen LogP contribution in [0.15, 0.2) is 70.7 Å². The van der Waals surface area contributed by atoms with Gasteiger partial charge < -0.3 is 0 Å². The Morgan fingerprint density at radius 3 is 2.33 bits per heavy atom. The van der Waals surface area contributed by atoms with Crippen molar-refractivity contribution in [2.24, 2.45) is 0 Å². The second-order valence-corrected chi connectivity index (χ2v) is 9.79. The number of hydrogen-bond donors (Lipinski definition) is 0. The first-order chi connectivity index (χ1) is 15.5. The van der Waals surface area contributed by atoms with E-state index >= 15 is 0 Å². The zero-order chi connectivity index (χ0) is 24.0. The molecule has 2 aromatic heterocycles. The number of hydrogen-bond acceptors (Lipinski definition) is 5. The highest BCUT2D eigenvalue weighted by molar-refractivity contribution is 7.91. The Hall–Kier alpha value is -3.24. The number of sulfone groups is 1. The van der Waals surface area contributed by atoms with Gasteiger partial charge in [0, 0.05) is 16.8 Å². The Balaban J connectivity index is 1.93. The van der Waals surface area contributed by atoms with E-state index in [2.05, 4.69) is 9.97 Å². The molecule has 33 heavy (non-hydrogen) atoms. The van der Waals surface area contributed by atoms with Crippen molar-refractivity contribution in [3.63, 3.8) is 0 Å². The van der Waals surface area contributed by atoms with Gasteiger partial charge in [-0.05, 0) is 42.0 Å². The molecule has 0 amide bonds. The van der Waals surface area contributed by atoms with Crippen molar-refractivity contribution in [1.29, 1.82) is 0 Å². The SMILES string of the molecule is CCS(=O)(=O)c1cc(-c2ccc(Cl)cc2)cnc1-n1cnc2cc(C(F)(F)F)ccc2c1=O. The zero-order valence-corrected chi connectivity index (χ0v) is 18.5. The number of halogens is 4. The number of nitrogens with zero attached hydrogens (tertiary/aromatic N) is 3. The Labute approximate surface area is 191 Å². The fourth-order valence-corrected chi connectivity index (χ4v) is 4.42. The predicted octanol–water partition coefficient (Wildman–Crippen LogP) is 4.91. The maximum atomic E-state index is 13.0. The third-order valence-electron chi connectivity index (χ3n) is 5.04. The molecule has 0 aliphatic rings. The van der Waals surface area contributed by atoms with E-state index in [1.54, 1.807) is 24.3 Å². The van der Waals surface area contributed by atoms with E-state index in [1.165, 1.54) is 19.2 Å². The summed E-state index contributed by atoms with van der Waals surface area (Å²) in [5.41, 5.74) is -0.704. The van der Waals surface area contributed by atoms with Crippen molar-refractivity contribution in [3.05, 3.63) is 82.0 Å². The standard InChI is InChI=1S/C22H15ClF3N3O3S/c1-2-33(31,32)19-9-14(13-3-6-16(23)7-4-13)11-27-20(19)29-12-28-18-10-15(22(24,25)26)5-8-17(18)21(29)30/h3-12H,2H2,1H3. The highest BCUT2D eigenvalue weighted by Gasteiger charge is 2.31. The van der Waals surface area contributed by atoms with Crippen molar-refractivity contribution in [2.75, 3.05) is 5.75 Å². The highest BCUT2D eigenvalue weighted by atomic mass is 35.5. The second kappa shape index (κ2) is 8.27. The third kappa shape index (κ3) is 4.36. The van der Waals surface area contributed by atoms with Crippen LogP contribution in [-0.2, 0) is 16.0 Å². The number of benzene rings is 2. The maximum absolute atomic E-state index is 13.0. The van der Waals surface area contributed by atoms with Crippen molar-refractivity contribution in [1.82, 2.24) is 14.5 Å². The minimum atomic E-state index is -4.59. The van der Waals surface area contributed by atoms with E-state index < -0.39 is 27.1 Å². The molecule has 11 heteroatoms. The third-order valence-corrected chi connectivity index (χ3v) is 7.02. The van der Waals surface area contributed by atoms with Gasteiger partial charge in [0.2, 0.25) is 0 Å². The van der Waals surface area contributed by atoms with Crippen LogP contribution >= 0.6 is 11.6 Å². The highest BCUT2D eigenvalue weighted by Crippen LogP contribution is 2.31. The molecule has 2 heterocycles. The molecule has 0 unspecified atom stereocenters. The first kappa shape index (κ1) is 22.9. The summed E-state index contributed by atoms with van der Waals surface area (Å²) in [5.74, 6) is -0.440. The second-order valence-electron chi connectivity index (χ2n) is 7.11. The normalized spacial score (nSPS) is 12.3. The van der Waals surface area contributed by atoms with Gasteiger partial charge in [0.15, 0.2) is 15.7 Å². The van der Waals surface area contributed by atoms with Crippen molar-refractivity contribution in [2.45, 2.75) is 18.0 Å². The molecule has 0 fully saturated rings. The number of rotatable bonds is 4. The predicted molar refractivity (Wildman–Crippen MR) is 118 cm³/mol. The van der Waals surface area contributed by atoms with Gasteiger partial charge in [-0.3, -0.25) is 4.79 Å². The van der Waals surface area contributed by atoms with Gasteiger partial charge in [-0.2, -0.15) is 13.2 Å². The summed E-state index contributed by atoms with van der Waals surface area (Å²) in [6, 6.07) is 10.6. The van der Waals surface area contributed by atoms with Crippen LogP contribution in [0, 0.1) is 0 Å². The molecule has 0 spiro atoms. The lowest BCUT2D eigenvalue weighted by Gasteiger charge is -2.13. The van der Waals surface area contributed by atoms with Crippen LogP contribution < -0.4 is 5.56 Å². The monoisotopic (exact) mass is 493 g/mol. The summed E-state index contributed by atoms with van der Waals surface area (Å²) in [4.78, 5) is 21.0. The van der Waals surface area contributed by atoms with Gasteiger partial charge in [0.05, 0.1) is 22.2 Å². The molecule has 2 aromatic carbocycles. The molecule has 0 saturated heterocycles. The van der Waals surface area contributed by atoms with Crippen LogP contribution in [0.25, 0.3) is 27.8 Å². The summed E-state index contributed by atoms with van der Waals surface area (Å²) in [6.45, 7) is 1.45. The fraction of sp³-hybridized carbons (Fsp3) is 0.136. The molecule has 0 aliphatic heterocycles. The Morgan fingerprint density at radius 2 is 1.70 bits per heavy atom. The molecule has 0 aliphatic carbocycles. The lowest BCUT2D eigenvalue weighted by atomic mass is 10.1. The van der Waals surface area contributed by atoms with Crippen LogP contribution in [-0.4, -0.2) is 28.7 Å². The van der Waals surface area contributed by atoms with Gasteiger partial charge in [-0.1, -0.05) is 30.7 Å². The summed E-state index contributed by atoms with van der Waals surface area (Å²) in [7, 11) is -3.84. The first-order valence-corrected chi connectivity index (χ1v) is 11.6. The average Bonchev–Trinajstić information content (AvgIpc) is 2.79. The smallest absolute Gasteiger partial charge is 0.268 e. The Bertz CT molecular complexity index is 1530. The van der Waals surface area contributed by atoms with E-state index in [9.17, 15) is 26.4 Å². The quantitative estimate of drug-likeness (QED) is 0.403. The van der Waals surface area contributed by atoms with Gasteiger partial charge in [0.25, 0.3) is 5.56 Å². The number of alkyl halides is 3. The summed E-state index contributed by atoms with van der Waals surface area (Å²) in [5, 5.41) is 0.404.